The van der Waals surface area contributed by atoms with Crippen molar-refractivity contribution in [2.45, 2.75) is 62.4 Å². The molecule has 3 saturated heterocycles. The highest BCUT2D eigenvalue weighted by Gasteiger charge is 2.36. The van der Waals surface area contributed by atoms with Crippen LogP contribution in [-0.2, 0) is 19.6 Å². The van der Waals surface area contributed by atoms with Crippen LogP contribution in [0.3, 0.4) is 0 Å². The van der Waals surface area contributed by atoms with E-state index in [1.165, 1.54) is 36.8 Å². The number of Topliss-reactive ketones (excluding diaryl/α,β-unsaturated/α-hetero) is 1. The van der Waals surface area contributed by atoms with E-state index in [1.807, 2.05) is 11.0 Å². The van der Waals surface area contributed by atoms with Crippen LogP contribution in [0.15, 0.2) is 53.4 Å². The van der Waals surface area contributed by atoms with E-state index in [-0.39, 0.29) is 35.1 Å². The first-order valence-corrected chi connectivity index (χ1v) is 15.7. The molecule has 0 spiro atoms. The van der Waals surface area contributed by atoms with E-state index < -0.39 is 16.1 Å². The second-order valence-corrected chi connectivity index (χ2v) is 12.8. The standard InChI is InChI=1S/C30H38N4O5S/c1-22(35)24-7-4-8-25(19-24)23-11-13-27(14-12-23)40(38,39)31-28-10-6-17-33(30(28)37)21-29(36)34-18-5-9-26(34)20-32-15-2-3-16-32/h4,7-8,11-14,19,26,28,31H,2-3,5-6,9-10,15-18,20-21H2,1H3/t26-,28-/m0/s1. The SMILES string of the molecule is CC(=O)c1cccc(-c2ccc(S(=O)(=O)N[C@H]3CCCN(CC(=O)N4CCC[C@H]4CN4CCCC4)C3=O)cc2)c1. The highest BCUT2D eigenvalue weighted by molar-refractivity contribution is 7.89. The summed E-state index contributed by atoms with van der Waals surface area (Å²) in [6, 6.07) is 12.8. The zero-order valence-corrected chi connectivity index (χ0v) is 23.9. The molecule has 3 fully saturated rings. The van der Waals surface area contributed by atoms with Gasteiger partial charge in [0.2, 0.25) is 21.8 Å². The number of carbonyl (C=O) groups is 3. The van der Waals surface area contributed by atoms with Gasteiger partial charge in [-0.1, -0.05) is 30.3 Å². The van der Waals surface area contributed by atoms with Crippen LogP contribution in [0.2, 0.25) is 0 Å². The summed E-state index contributed by atoms with van der Waals surface area (Å²) in [6.07, 6.45) is 5.38. The number of nitrogens with zero attached hydrogens (tertiary/aromatic N) is 3. The van der Waals surface area contributed by atoms with Gasteiger partial charge in [-0.25, -0.2) is 8.42 Å². The highest BCUT2D eigenvalue weighted by atomic mass is 32.2. The Balaban J connectivity index is 1.21. The normalized spacial score (nSPS) is 22.2. The van der Waals surface area contributed by atoms with Gasteiger partial charge in [-0.2, -0.15) is 4.72 Å². The number of benzene rings is 2. The molecule has 0 radical (unpaired) electrons. The van der Waals surface area contributed by atoms with E-state index in [0.29, 0.717) is 31.5 Å². The minimum Gasteiger partial charge on any atom is -0.337 e. The maximum Gasteiger partial charge on any atom is 0.242 e. The van der Waals surface area contributed by atoms with Crippen molar-refractivity contribution >= 4 is 27.6 Å². The Morgan fingerprint density at radius 2 is 1.62 bits per heavy atom. The van der Waals surface area contributed by atoms with Crippen molar-refractivity contribution in [1.29, 1.82) is 0 Å². The molecule has 214 valence electrons. The smallest absolute Gasteiger partial charge is 0.242 e. The van der Waals surface area contributed by atoms with Gasteiger partial charge < -0.3 is 14.7 Å². The predicted molar refractivity (Wildman–Crippen MR) is 152 cm³/mol. The lowest BCUT2D eigenvalue weighted by Gasteiger charge is -2.34. The number of ketones is 1. The highest BCUT2D eigenvalue weighted by Crippen LogP contribution is 2.24. The molecule has 9 nitrogen and oxygen atoms in total. The lowest BCUT2D eigenvalue weighted by molar-refractivity contribution is -0.143. The van der Waals surface area contributed by atoms with Crippen molar-refractivity contribution in [3.05, 3.63) is 54.1 Å². The molecule has 3 aliphatic heterocycles. The van der Waals surface area contributed by atoms with Crippen molar-refractivity contribution in [1.82, 2.24) is 19.4 Å². The van der Waals surface area contributed by atoms with Gasteiger partial charge in [0.25, 0.3) is 0 Å². The van der Waals surface area contributed by atoms with Crippen LogP contribution in [0.4, 0.5) is 0 Å². The number of sulfonamides is 1. The third-order valence-corrected chi connectivity index (χ3v) is 9.77. The molecule has 0 bridgehead atoms. The van der Waals surface area contributed by atoms with E-state index in [4.69, 9.17) is 0 Å². The molecule has 10 heteroatoms. The Hall–Kier alpha value is -3.08. The van der Waals surface area contributed by atoms with Crippen LogP contribution in [-0.4, -0.2) is 92.1 Å². The molecule has 5 rings (SSSR count). The Labute approximate surface area is 236 Å². The van der Waals surface area contributed by atoms with Gasteiger partial charge in [-0.3, -0.25) is 14.4 Å². The monoisotopic (exact) mass is 566 g/mol. The quantitative estimate of drug-likeness (QED) is 0.468. The first-order valence-electron chi connectivity index (χ1n) is 14.3. The number of hydrogen-bond donors (Lipinski definition) is 1. The molecule has 3 heterocycles. The molecule has 2 aromatic rings. The first-order chi connectivity index (χ1) is 19.2. The molecule has 0 saturated carbocycles. The number of hydrogen-bond acceptors (Lipinski definition) is 6. The molecule has 0 aromatic heterocycles. The van der Waals surface area contributed by atoms with Crippen molar-refractivity contribution in [3.8, 4) is 11.1 Å². The fraction of sp³-hybridized carbons (Fsp3) is 0.500. The number of rotatable bonds is 9. The topological polar surface area (TPSA) is 107 Å². The van der Waals surface area contributed by atoms with E-state index in [2.05, 4.69) is 9.62 Å². The second kappa shape index (κ2) is 12.2. The molecule has 2 aromatic carbocycles. The zero-order valence-electron chi connectivity index (χ0n) is 23.0. The molecule has 3 aliphatic rings. The van der Waals surface area contributed by atoms with Crippen molar-refractivity contribution in [2.24, 2.45) is 0 Å². The maximum atomic E-state index is 13.3. The molecule has 40 heavy (non-hydrogen) atoms. The Bertz CT molecular complexity index is 1350. The summed E-state index contributed by atoms with van der Waals surface area (Å²) in [5, 5.41) is 0. The van der Waals surface area contributed by atoms with Crippen molar-refractivity contribution in [2.75, 3.05) is 39.3 Å². The third-order valence-electron chi connectivity index (χ3n) is 8.29. The zero-order chi connectivity index (χ0) is 28.3. The summed E-state index contributed by atoms with van der Waals surface area (Å²) < 4.78 is 28.9. The minimum absolute atomic E-state index is 0.0123. The number of amides is 2. The van der Waals surface area contributed by atoms with Gasteiger partial charge in [-0.15, -0.1) is 0 Å². The molecule has 2 atom stereocenters. The Kier molecular flexibility index (Phi) is 8.68. The van der Waals surface area contributed by atoms with Gasteiger partial charge in [0.1, 0.15) is 6.04 Å². The van der Waals surface area contributed by atoms with E-state index in [9.17, 15) is 22.8 Å². The molecule has 2 amide bonds. The van der Waals surface area contributed by atoms with Crippen LogP contribution in [0.25, 0.3) is 11.1 Å². The van der Waals surface area contributed by atoms with Gasteiger partial charge in [-0.05, 0) is 87.9 Å². The molecule has 1 N–H and O–H groups in total. The molecular formula is C30H38N4O5S. The van der Waals surface area contributed by atoms with Crippen LogP contribution in [0.5, 0.6) is 0 Å². The van der Waals surface area contributed by atoms with Crippen LogP contribution >= 0.6 is 0 Å². The minimum atomic E-state index is -3.96. The van der Waals surface area contributed by atoms with Gasteiger partial charge in [0.05, 0.1) is 11.4 Å². The lowest BCUT2D eigenvalue weighted by Crippen LogP contribution is -2.55. The molecule has 0 unspecified atom stereocenters. The van der Waals surface area contributed by atoms with E-state index >= 15 is 0 Å². The van der Waals surface area contributed by atoms with Gasteiger partial charge in [0.15, 0.2) is 5.78 Å². The summed E-state index contributed by atoms with van der Waals surface area (Å²) in [7, 11) is -3.96. The van der Waals surface area contributed by atoms with Gasteiger partial charge in [0, 0.05) is 31.2 Å². The molecular weight excluding hydrogens is 528 g/mol. The molecule has 0 aliphatic carbocycles. The first kappa shape index (κ1) is 28.4. The number of carbonyl (C=O) groups excluding carboxylic acids is 3. The van der Waals surface area contributed by atoms with Crippen LogP contribution in [0.1, 0.15) is 55.8 Å². The Morgan fingerprint density at radius 3 is 2.35 bits per heavy atom. The van der Waals surface area contributed by atoms with Crippen LogP contribution < -0.4 is 4.72 Å². The second-order valence-electron chi connectivity index (χ2n) is 11.1. The fourth-order valence-corrected chi connectivity index (χ4v) is 7.30. The van der Waals surface area contributed by atoms with Crippen molar-refractivity contribution in [3.63, 3.8) is 0 Å². The number of piperidine rings is 1. The maximum absolute atomic E-state index is 13.3. The lowest BCUT2D eigenvalue weighted by atomic mass is 10.0. The number of nitrogens with one attached hydrogen (secondary N) is 1. The summed E-state index contributed by atoms with van der Waals surface area (Å²) >= 11 is 0. The van der Waals surface area contributed by atoms with Crippen LogP contribution in [0, 0.1) is 0 Å². The Morgan fingerprint density at radius 1 is 0.900 bits per heavy atom. The van der Waals surface area contributed by atoms with E-state index in [0.717, 1.165) is 43.6 Å². The number of likely N-dealkylation sites (tertiary alicyclic amines) is 3. The van der Waals surface area contributed by atoms with Crippen molar-refractivity contribution < 1.29 is 22.8 Å². The third kappa shape index (κ3) is 6.45. The summed E-state index contributed by atoms with van der Waals surface area (Å²) in [5.41, 5.74) is 2.18. The predicted octanol–water partition coefficient (Wildman–Crippen LogP) is 2.91. The fourth-order valence-electron chi connectivity index (χ4n) is 6.08. The largest absolute Gasteiger partial charge is 0.337 e. The summed E-state index contributed by atoms with van der Waals surface area (Å²) in [6.45, 7) is 5.71. The average Bonchev–Trinajstić information content (AvgIpc) is 3.64. The summed E-state index contributed by atoms with van der Waals surface area (Å²) in [4.78, 5) is 44.1. The summed E-state index contributed by atoms with van der Waals surface area (Å²) in [5.74, 6) is -0.445. The van der Waals surface area contributed by atoms with E-state index in [1.54, 1.807) is 30.3 Å². The average molecular weight is 567 g/mol. The van der Waals surface area contributed by atoms with Gasteiger partial charge >= 0.3 is 0 Å².